The number of anilines is 3. The Bertz CT molecular complexity index is 896. The van der Waals surface area contributed by atoms with Crippen LogP contribution >= 0.6 is 22.9 Å². The Morgan fingerprint density at radius 2 is 2.00 bits per heavy atom. The molecule has 0 spiro atoms. The fourth-order valence-electron chi connectivity index (χ4n) is 2.46. The number of ether oxygens (including phenoxy) is 1. The molecule has 2 aromatic carbocycles. The molecule has 0 radical (unpaired) electrons. The van der Waals surface area contributed by atoms with Gasteiger partial charge in [0.05, 0.1) is 12.8 Å². The number of thiazole rings is 1. The fraction of sp³-hybridized carbons (Fsp3) is 0.200. The van der Waals surface area contributed by atoms with Gasteiger partial charge in [-0.3, -0.25) is 4.79 Å². The lowest BCUT2D eigenvalue weighted by Gasteiger charge is -2.06. The monoisotopic (exact) mass is 401 g/mol. The topological polar surface area (TPSA) is 63.2 Å². The van der Waals surface area contributed by atoms with Crippen molar-refractivity contribution < 1.29 is 9.53 Å². The number of benzene rings is 2. The number of halogens is 1. The molecule has 0 atom stereocenters. The number of methoxy groups -OCH3 is 1. The normalized spacial score (nSPS) is 10.4. The van der Waals surface area contributed by atoms with Gasteiger partial charge in [-0.25, -0.2) is 4.98 Å². The maximum Gasteiger partial charge on any atom is 0.224 e. The minimum atomic E-state index is -0.0261. The molecule has 0 saturated carbocycles. The predicted octanol–water partition coefficient (Wildman–Crippen LogP) is 5.52. The van der Waals surface area contributed by atoms with Crippen LogP contribution in [0.4, 0.5) is 16.5 Å². The van der Waals surface area contributed by atoms with Crippen LogP contribution in [0, 0.1) is 0 Å². The molecule has 0 aliphatic carbocycles. The van der Waals surface area contributed by atoms with E-state index in [4.69, 9.17) is 16.3 Å². The SMILES string of the molecule is COc1cccc(Nc2nc(-c3ccc(NC(=O)CCCCl)cc3)cs2)c1. The summed E-state index contributed by atoms with van der Waals surface area (Å²) in [5, 5.41) is 8.95. The smallest absolute Gasteiger partial charge is 0.224 e. The first-order valence-electron chi connectivity index (χ1n) is 8.51. The highest BCUT2D eigenvalue weighted by Gasteiger charge is 2.07. The van der Waals surface area contributed by atoms with E-state index < -0.39 is 0 Å². The predicted molar refractivity (Wildman–Crippen MR) is 112 cm³/mol. The molecule has 0 aliphatic rings. The first kappa shape index (κ1) is 19.2. The Balaban J connectivity index is 1.64. The Kier molecular flexibility index (Phi) is 6.68. The minimum absolute atomic E-state index is 0.0261. The Hall–Kier alpha value is -2.57. The Morgan fingerprint density at radius 3 is 2.74 bits per heavy atom. The van der Waals surface area contributed by atoms with E-state index in [2.05, 4.69) is 15.6 Å². The van der Waals surface area contributed by atoms with Gasteiger partial charge >= 0.3 is 0 Å². The summed E-state index contributed by atoms with van der Waals surface area (Å²) in [5.41, 5.74) is 3.56. The van der Waals surface area contributed by atoms with Gasteiger partial charge in [0, 0.05) is 40.7 Å². The molecular weight excluding hydrogens is 382 g/mol. The van der Waals surface area contributed by atoms with Crippen molar-refractivity contribution >= 4 is 45.4 Å². The van der Waals surface area contributed by atoms with Crippen molar-refractivity contribution in [3.8, 4) is 17.0 Å². The molecule has 0 bridgehead atoms. The van der Waals surface area contributed by atoms with Gasteiger partial charge in [-0.2, -0.15) is 0 Å². The minimum Gasteiger partial charge on any atom is -0.497 e. The van der Waals surface area contributed by atoms with E-state index in [-0.39, 0.29) is 5.91 Å². The number of hydrogen-bond donors (Lipinski definition) is 2. The number of hydrogen-bond acceptors (Lipinski definition) is 5. The molecule has 3 aromatic rings. The van der Waals surface area contributed by atoms with E-state index in [9.17, 15) is 4.79 Å². The summed E-state index contributed by atoms with van der Waals surface area (Å²) >= 11 is 7.14. The van der Waals surface area contributed by atoms with E-state index in [0.29, 0.717) is 18.7 Å². The van der Waals surface area contributed by atoms with E-state index in [1.807, 2.05) is 53.9 Å². The summed E-state index contributed by atoms with van der Waals surface area (Å²) in [5.74, 6) is 1.25. The van der Waals surface area contributed by atoms with Gasteiger partial charge in [0.25, 0.3) is 0 Å². The van der Waals surface area contributed by atoms with E-state index >= 15 is 0 Å². The first-order chi connectivity index (χ1) is 13.2. The van der Waals surface area contributed by atoms with Crippen molar-refractivity contribution in [2.24, 2.45) is 0 Å². The van der Waals surface area contributed by atoms with Crippen molar-refractivity contribution in [3.05, 3.63) is 53.9 Å². The zero-order chi connectivity index (χ0) is 19.1. The van der Waals surface area contributed by atoms with Crippen LogP contribution in [0.5, 0.6) is 5.75 Å². The lowest BCUT2D eigenvalue weighted by molar-refractivity contribution is -0.116. The van der Waals surface area contributed by atoms with Gasteiger partial charge < -0.3 is 15.4 Å². The average molecular weight is 402 g/mol. The average Bonchev–Trinajstić information content (AvgIpc) is 3.15. The Morgan fingerprint density at radius 1 is 1.19 bits per heavy atom. The van der Waals surface area contributed by atoms with Gasteiger partial charge in [-0.05, 0) is 30.7 Å². The molecule has 140 valence electrons. The largest absolute Gasteiger partial charge is 0.497 e. The Labute approximate surface area is 167 Å². The van der Waals surface area contributed by atoms with Crippen LogP contribution in [-0.2, 0) is 4.79 Å². The lowest BCUT2D eigenvalue weighted by Crippen LogP contribution is -2.11. The molecule has 0 saturated heterocycles. The quantitative estimate of drug-likeness (QED) is 0.488. The fourth-order valence-corrected chi connectivity index (χ4v) is 3.34. The number of rotatable bonds is 8. The molecular formula is C20H20ClN3O2S. The summed E-state index contributed by atoms with van der Waals surface area (Å²) in [6.07, 6.45) is 1.10. The number of amides is 1. The van der Waals surface area contributed by atoms with Crippen LogP contribution in [0.3, 0.4) is 0 Å². The lowest BCUT2D eigenvalue weighted by atomic mass is 10.1. The van der Waals surface area contributed by atoms with Crippen LogP contribution in [0.1, 0.15) is 12.8 Å². The summed E-state index contributed by atoms with van der Waals surface area (Å²) in [4.78, 5) is 16.4. The molecule has 3 rings (SSSR count). The van der Waals surface area contributed by atoms with Crippen LogP contribution in [0.2, 0.25) is 0 Å². The standard InChI is InChI=1S/C20H20ClN3O2S/c1-26-17-5-2-4-16(12-17)23-20-24-18(13-27-20)14-7-9-15(10-8-14)22-19(25)6-3-11-21/h2,4-5,7-10,12-13H,3,6,11H2,1H3,(H,22,25)(H,23,24). The molecule has 1 amide bonds. The zero-order valence-corrected chi connectivity index (χ0v) is 16.4. The second-order valence-corrected chi connectivity index (χ2v) is 7.05. The highest BCUT2D eigenvalue weighted by atomic mass is 35.5. The van der Waals surface area contributed by atoms with Crippen LogP contribution in [0.15, 0.2) is 53.9 Å². The molecule has 0 aliphatic heterocycles. The molecule has 27 heavy (non-hydrogen) atoms. The summed E-state index contributed by atoms with van der Waals surface area (Å²) in [7, 11) is 1.64. The van der Waals surface area contributed by atoms with Crippen molar-refractivity contribution in [2.45, 2.75) is 12.8 Å². The number of alkyl halides is 1. The highest BCUT2D eigenvalue weighted by Crippen LogP contribution is 2.29. The van der Waals surface area contributed by atoms with Gasteiger partial charge in [-0.1, -0.05) is 18.2 Å². The van der Waals surface area contributed by atoms with Crippen LogP contribution in [-0.4, -0.2) is 23.9 Å². The second-order valence-electron chi connectivity index (χ2n) is 5.81. The van der Waals surface area contributed by atoms with Crippen LogP contribution in [0.25, 0.3) is 11.3 Å². The second kappa shape index (κ2) is 9.39. The third kappa shape index (κ3) is 5.45. The molecule has 5 nitrogen and oxygen atoms in total. The molecule has 7 heteroatoms. The third-order valence-electron chi connectivity index (χ3n) is 3.83. The highest BCUT2D eigenvalue weighted by molar-refractivity contribution is 7.14. The van der Waals surface area contributed by atoms with Crippen molar-refractivity contribution in [1.29, 1.82) is 0 Å². The molecule has 0 fully saturated rings. The summed E-state index contributed by atoms with van der Waals surface area (Å²) < 4.78 is 5.23. The van der Waals surface area contributed by atoms with E-state index in [1.165, 1.54) is 11.3 Å². The number of nitrogens with zero attached hydrogens (tertiary/aromatic N) is 1. The van der Waals surface area contributed by atoms with Crippen LogP contribution < -0.4 is 15.4 Å². The number of carbonyl (C=O) groups is 1. The first-order valence-corrected chi connectivity index (χ1v) is 9.92. The molecule has 0 unspecified atom stereocenters. The maximum atomic E-state index is 11.8. The van der Waals surface area contributed by atoms with E-state index in [1.54, 1.807) is 7.11 Å². The summed E-state index contributed by atoms with van der Waals surface area (Å²) in [6, 6.07) is 15.4. The zero-order valence-electron chi connectivity index (χ0n) is 14.9. The van der Waals surface area contributed by atoms with E-state index in [0.717, 1.165) is 33.5 Å². The van der Waals surface area contributed by atoms with Gasteiger partial charge in [0.15, 0.2) is 5.13 Å². The van der Waals surface area contributed by atoms with Gasteiger partial charge in [0.1, 0.15) is 5.75 Å². The number of nitrogens with one attached hydrogen (secondary N) is 2. The maximum absolute atomic E-state index is 11.8. The number of aromatic nitrogens is 1. The molecule has 2 N–H and O–H groups in total. The van der Waals surface area contributed by atoms with Crippen molar-refractivity contribution in [1.82, 2.24) is 4.98 Å². The summed E-state index contributed by atoms with van der Waals surface area (Å²) in [6.45, 7) is 0. The third-order valence-corrected chi connectivity index (χ3v) is 4.85. The van der Waals surface area contributed by atoms with Gasteiger partial charge in [0.2, 0.25) is 5.91 Å². The molecule has 1 aromatic heterocycles. The molecule has 1 heterocycles. The van der Waals surface area contributed by atoms with Gasteiger partial charge in [-0.15, -0.1) is 22.9 Å². The van der Waals surface area contributed by atoms with Crippen molar-refractivity contribution in [2.75, 3.05) is 23.6 Å². The number of carbonyl (C=O) groups excluding carboxylic acids is 1. The van der Waals surface area contributed by atoms with Crippen molar-refractivity contribution in [3.63, 3.8) is 0 Å².